The number of likely N-dealkylation sites (tertiary alicyclic amines) is 1. The fourth-order valence-corrected chi connectivity index (χ4v) is 2.83. The fraction of sp³-hybridized carbons (Fsp3) is 0.350. The number of nitrogens with zero attached hydrogens (tertiary/aromatic N) is 1. The zero-order valence-corrected chi connectivity index (χ0v) is 14.1. The topological polar surface area (TPSA) is 59.0 Å². The third-order valence-corrected chi connectivity index (χ3v) is 4.16. The van der Waals surface area contributed by atoms with Crippen molar-refractivity contribution in [1.82, 2.24) is 4.90 Å². The van der Waals surface area contributed by atoms with Gasteiger partial charge in [0, 0.05) is 26.1 Å². The van der Waals surface area contributed by atoms with Crippen LogP contribution in [0.3, 0.4) is 0 Å². The Labute approximate surface area is 147 Å². The summed E-state index contributed by atoms with van der Waals surface area (Å²) < 4.78 is 11.5. The largest absolute Gasteiger partial charge is 0.494 e. The summed E-state index contributed by atoms with van der Waals surface area (Å²) in [6, 6.07) is 16.9. The molecule has 1 saturated heterocycles. The highest BCUT2D eigenvalue weighted by Gasteiger charge is 2.27. The van der Waals surface area contributed by atoms with E-state index in [1.54, 1.807) is 18.2 Å². The maximum atomic E-state index is 11.0. The van der Waals surface area contributed by atoms with Gasteiger partial charge in [0.2, 0.25) is 0 Å². The normalized spacial score (nSPS) is 14.9. The van der Waals surface area contributed by atoms with E-state index in [4.69, 9.17) is 14.6 Å². The molecule has 132 valence electrons. The van der Waals surface area contributed by atoms with E-state index in [2.05, 4.69) is 4.90 Å². The Kier molecular flexibility index (Phi) is 6.04. The maximum Gasteiger partial charge on any atom is 0.335 e. The van der Waals surface area contributed by atoms with Gasteiger partial charge in [-0.1, -0.05) is 30.3 Å². The molecule has 25 heavy (non-hydrogen) atoms. The first-order valence-corrected chi connectivity index (χ1v) is 8.55. The van der Waals surface area contributed by atoms with Crippen molar-refractivity contribution in [2.45, 2.75) is 19.1 Å². The third kappa shape index (κ3) is 5.31. The molecule has 5 nitrogen and oxygen atoms in total. The molecule has 2 aromatic rings. The van der Waals surface area contributed by atoms with Crippen molar-refractivity contribution in [3.05, 3.63) is 65.7 Å². The number of carboxylic acid groups (broad SMARTS) is 1. The minimum atomic E-state index is -0.885. The zero-order chi connectivity index (χ0) is 17.5. The molecule has 0 aliphatic carbocycles. The van der Waals surface area contributed by atoms with Gasteiger partial charge in [0.05, 0.1) is 24.9 Å². The Morgan fingerprint density at radius 2 is 1.88 bits per heavy atom. The SMILES string of the molecule is O=C(O)c1cccc(CN2CC(OCCCOc3ccccc3)C2)c1. The molecule has 5 heteroatoms. The van der Waals surface area contributed by atoms with E-state index in [0.29, 0.717) is 18.8 Å². The van der Waals surface area contributed by atoms with Crippen LogP contribution in [0.5, 0.6) is 5.75 Å². The molecule has 0 amide bonds. The molecular weight excluding hydrogens is 318 g/mol. The summed E-state index contributed by atoms with van der Waals surface area (Å²) in [7, 11) is 0. The lowest BCUT2D eigenvalue weighted by atomic mass is 10.1. The molecule has 0 unspecified atom stereocenters. The summed E-state index contributed by atoms with van der Waals surface area (Å²) in [6.07, 6.45) is 1.13. The summed E-state index contributed by atoms with van der Waals surface area (Å²) in [5.74, 6) is 0.00491. The second-order valence-corrected chi connectivity index (χ2v) is 6.21. The molecule has 0 aromatic heterocycles. The highest BCUT2D eigenvalue weighted by atomic mass is 16.5. The number of carbonyl (C=O) groups is 1. The number of carboxylic acids is 1. The maximum absolute atomic E-state index is 11.0. The van der Waals surface area contributed by atoms with Crippen LogP contribution in [0.15, 0.2) is 54.6 Å². The van der Waals surface area contributed by atoms with Gasteiger partial charge >= 0.3 is 5.97 Å². The van der Waals surface area contributed by atoms with E-state index in [0.717, 1.165) is 37.4 Å². The van der Waals surface area contributed by atoms with Gasteiger partial charge in [-0.15, -0.1) is 0 Å². The van der Waals surface area contributed by atoms with Crippen molar-refractivity contribution in [2.75, 3.05) is 26.3 Å². The quantitative estimate of drug-likeness (QED) is 0.711. The number of hydrogen-bond acceptors (Lipinski definition) is 4. The molecule has 1 aliphatic rings. The van der Waals surface area contributed by atoms with Crippen molar-refractivity contribution >= 4 is 5.97 Å². The monoisotopic (exact) mass is 341 g/mol. The van der Waals surface area contributed by atoms with Crippen molar-refractivity contribution in [3.63, 3.8) is 0 Å². The first-order valence-electron chi connectivity index (χ1n) is 8.55. The lowest BCUT2D eigenvalue weighted by molar-refractivity contribution is -0.0600. The summed E-state index contributed by atoms with van der Waals surface area (Å²) in [5, 5.41) is 9.03. The van der Waals surface area contributed by atoms with E-state index in [9.17, 15) is 4.79 Å². The number of ether oxygens (including phenoxy) is 2. The number of hydrogen-bond donors (Lipinski definition) is 1. The molecule has 0 atom stereocenters. The standard InChI is InChI=1S/C20H23NO4/c22-20(23)17-7-4-6-16(12-17)13-21-14-19(15-21)25-11-5-10-24-18-8-2-1-3-9-18/h1-4,6-9,12,19H,5,10-11,13-15H2,(H,22,23). The highest BCUT2D eigenvalue weighted by molar-refractivity contribution is 5.87. The third-order valence-electron chi connectivity index (χ3n) is 4.16. The molecule has 1 aliphatic heterocycles. The van der Waals surface area contributed by atoms with Gasteiger partial charge in [-0.25, -0.2) is 4.79 Å². The summed E-state index contributed by atoms with van der Waals surface area (Å²) in [4.78, 5) is 13.2. The Bertz CT molecular complexity index is 683. The molecule has 1 heterocycles. The Hall–Kier alpha value is -2.37. The summed E-state index contributed by atoms with van der Waals surface area (Å²) >= 11 is 0. The van der Waals surface area contributed by atoms with Gasteiger partial charge in [-0.3, -0.25) is 4.90 Å². The van der Waals surface area contributed by atoms with Crippen molar-refractivity contribution in [2.24, 2.45) is 0 Å². The van der Waals surface area contributed by atoms with E-state index < -0.39 is 5.97 Å². The molecule has 1 fully saturated rings. The lowest BCUT2D eigenvalue weighted by Crippen LogP contribution is -2.51. The molecule has 0 bridgehead atoms. The summed E-state index contributed by atoms with van der Waals surface area (Å²) in [6.45, 7) is 3.88. The first-order chi connectivity index (χ1) is 12.2. The van der Waals surface area contributed by atoms with E-state index in [1.165, 1.54) is 0 Å². The van der Waals surface area contributed by atoms with E-state index in [1.807, 2.05) is 36.4 Å². The van der Waals surface area contributed by atoms with Crippen LogP contribution in [-0.2, 0) is 11.3 Å². The average molecular weight is 341 g/mol. The van der Waals surface area contributed by atoms with Gasteiger partial charge < -0.3 is 14.6 Å². The van der Waals surface area contributed by atoms with Gasteiger partial charge in [0.15, 0.2) is 0 Å². The molecular formula is C20H23NO4. The average Bonchev–Trinajstić information content (AvgIpc) is 2.60. The Balaban J connectivity index is 1.28. The van der Waals surface area contributed by atoms with Crippen molar-refractivity contribution in [3.8, 4) is 5.75 Å². The molecule has 2 aromatic carbocycles. The predicted molar refractivity (Wildman–Crippen MR) is 95.0 cm³/mol. The van der Waals surface area contributed by atoms with Crippen LogP contribution in [0.25, 0.3) is 0 Å². The highest BCUT2D eigenvalue weighted by Crippen LogP contribution is 2.17. The van der Waals surface area contributed by atoms with Gasteiger partial charge in [0.25, 0.3) is 0 Å². The van der Waals surface area contributed by atoms with E-state index >= 15 is 0 Å². The number of benzene rings is 2. The van der Waals surface area contributed by atoms with Crippen molar-refractivity contribution in [1.29, 1.82) is 0 Å². The van der Waals surface area contributed by atoms with E-state index in [-0.39, 0.29) is 6.10 Å². The van der Waals surface area contributed by atoms with Crippen molar-refractivity contribution < 1.29 is 19.4 Å². The Morgan fingerprint density at radius 3 is 2.64 bits per heavy atom. The minimum Gasteiger partial charge on any atom is -0.494 e. The van der Waals surface area contributed by atoms with Crippen LogP contribution in [0, 0.1) is 0 Å². The first kappa shape index (κ1) is 17.5. The Morgan fingerprint density at radius 1 is 1.08 bits per heavy atom. The second-order valence-electron chi connectivity index (χ2n) is 6.21. The lowest BCUT2D eigenvalue weighted by Gasteiger charge is -2.39. The van der Waals surface area contributed by atoms with Gasteiger partial charge in [-0.2, -0.15) is 0 Å². The molecule has 0 spiro atoms. The van der Waals surface area contributed by atoms with Crippen LogP contribution in [-0.4, -0.2) is 48.4 Å². The van der Waals surface area contributed by atoms with Gasteiger partial charge in [-0.05, 0) is 29.8 Å². The second kappa shape index (κ2) is 8.65. The van der Waals surface area contributed by atoms with Crippen LogP contribution in [0.2, 0.25) is 0 Å². The molecule has 0 radical (unpaired) electrons. The minimum absolute atomic E-state index is 0.263. The summed E-state index contributed by atoms with van der Waals surface area (Å²) in [5.41, 5.74) is 1.36. The van der Waals surface area contributed by atoms with Gasteiger partial charge in [0.1, 0.15) is 5.75 Å². The molecule has 0 saturated carbocycles. The van der Waals surface area contributed by atoms with Crippen LogP contribution < -0.4 is 4.74 Å². The number of rotatable bonds is 9. The van der Waals surface area contributed by atoms with Crippen LogP contribution in [0.1, 0.15) is 22.3 Å². The fourth-order valence-electron chi connectivity index (χ4n) is 2.83. The number of para-hydroxylation sites is 1. The number of aromatic carboxylic acids is 1. The smallest absolute Gasteiger partial charge is 0.335 e. The van der Waals surface area contributed by atoms with Crippen LogP contribution >= 0.6 is 0 Å². The molecule has 1 N–H and O–H groups in total. The molecule has 3 rings (SSSR count). The van der Waals surface area contributed by atoms with Crippen LogP contribution in [0.4, 0.5) is 0 Å². The predicted octanol–water partition coefficient (Wildman–Crippen LogP) is 3.05. The zero-order valence-electron chi connectivity index (χ0n) is 14.1.